The van der Waals surface area contributed by atoms with Crippen LogP contribution in [-0.2, 0) is 16.1 Å². The number of alkyl carbamates (subject to hydrolysis) is 1. The van der Waals surface area contributed by atoms with Crippen molar-refractivity contribution in [3.63, 3.8) is 0 Å². The normalized spacial score (nSPS) is 12.6. The molecule has 0 aliphatic rings. The number of methoxy groups -OCH3 is 1. The second-order valence-corrected chi connectivity index (χ2v) is 8.10. The quantitative estimate of drug-likeness (QED) is 0.547. The van der Waals surface area contributed by atoms with E-state index >= 15 is 0 Å². The third-order valence-corrected chi connectivity index (χ3v) is 4.25. The number of benzene rings is 1. The molecule has 0 aliphatic heterocycles. The van der Waals surface area contributed by atoms with Gasteiger partial charge in [-0.1, -0.05) is 27.5 Å². The van der Waals surface area contributed by atoms with Crippen molar-refractivity contribution in [2.24, 2.45) is 0 Å². The maximum absolute atomic E-state index is 11.9. The third kappa shape index (κ3) is 8.58. The molecule has 0 bridgehead atoms. The van der Waals surface area contributed by atoms with Crippen LogP contribution in [0.3, 0.4) is 0 Å². The highest BCUT2D eigenvalue weighted by atomic mass is 79.9. The van der Waals surface area contributed by atoms with E-state index in [1.165, 1.54) is 0 Å². The smallest absolute Gasteiger partial charge is 0.407 e. The molecule has 0 spiro atoms. The average Bonchev–Trinajstić information content (AvgIpc) is 2.49. The fourth-order valence-corrected chi connectivity index (χ4v) is 3.15. The molecule has 1 amide bonds. The Labute approximate surface area is 168 Å². The highest BCUT2D eigenvalue weighted by Gasteiger charge is 2.19. The van der Waals surface area contributed by atoms with Gasteiger partial charge in [-0.3, -0.25) is 0 Å². The molecule has 0 saturated carbocycles. The number of carbonyl (C=O) groups is 1. The van der Waals surface area contributed by atoms with Gasteiger partial charge in [0, 0.05) is 22.2 Å². The monoisotopic (exact) mass is 451 g/mol. The van der Waals surface area contributed by atoms with Gasteiger partial charge < -0.3 is 24.6 Å². The first-order valence-electron chi connectivity index (χ1n) is 8.36. The lowest BCUT2D eigenvalue weighted by atomic mass is 10.1. The molecule has 0 radical (unpaired) electrons. The first-order valence-corrected chi connectivity index (χ1v) is 9.53. The maximum Gasteiger partial charge on any atom is 0.407 e. The molecule has 148 valence electrons. The van der Waals surface area contributed by atoms with Crippen LogP contribution >= 0.6 is 27.5 Å². The van der Waals surface area contributed by atoms with E-state index in [0.29, 0.717) is 46.9 Å². The highest BCUT2D eigenvalue weighted by molar-refractivity contribution is 9.10. The van der Waals surface area contributed by atoms with Gasteiger partial charge in [-0.05, 0) is 45.7 Å². The molecule has 1 atom stereocenters. The second-order valence-electron chi connectivity index (χ2n) is 6.81. The second kappa shape index (κ2) is 11.0. The van der Waals surface area contributed by atoms with Crippen LogP contribution in [0.15, 0.2) is 16.6 Å². The zero-order valence-electron chi connectivity index (χ0n) is 15.6. The van der Waals surface area contributed by atoms with Crippen LogP contribution < -0.4 is 10.1 Å². The largest absolute Gasteiger partial charge is 0.493 e. The number of amides is 1. The van der Waals surface area contributed by atoms with E-state index in [1.54, 1.807) is 19.2 Å². The number of rotatable bonds is 9. The first kappa shape index (κ1) is 23.0. The molecule has 8 heteroatoms. The molecular formula is C18H27BrClNO5. The van der Waals surface area contributed by atoms with E-state index in [9.17, 15) is 9.90 Å². The summed E-state index contributed by atoms with van der Waals surface area (Å²) in [5, 5.41) is 12.8. The van der Waals surface area contributed by atoms with Crippen LogP contribution in [0.5, 0.6) is 5.75 Å². The Hall–Kier alpha value is -1.02. The van der Waals surface area contributed by atoms with Gasteiger partial charge in [0.25, 0.3) is 0 Å². The lowest BCUT2D eigenvalue weighted by Gasteiger charge is -2.23. The van der Waals surface area contributed by atoms with Crippen LogP contribution in [0, 0.1) is 0 Å². The summed E-state index contributed by atoms with van der Waals surface area (Å²) in [7, 11) is 1.58. The average molecular weight is 453 g/mol. The lowest BCUT2D eigenvalue weighted by molar-refractivity contribution is 0.0461. The highest BCUT2D eigenvalue weighted by Crippen LogP contribution is 2.31. The predicted octanol–water partition coefficient (Wildman–Crippen LogP) is 4.29. The minimum atomic E-state index is -0.550. The predicted molar refractivity (Wildman–Crippen MR) is 105 cm³/mol. The molecular weight excluding hydrogens is 426 g/mol. The molecule has 26 heavy (non-hydrogen) atoms. The van der Waals surface area contributed by atoms with Crippen molar-refractivity contribution in [3.05, 3.63) is 27.2 Å². The summed E-state index contributed by atoms with van der Waals surface area (Å²) in [5.41, 5.74) is 0.0978. The van der Waals surface area contributed by atoms with Gasteiger partial charge in [0.2, 0.25) is 0 Å². The molecule has 1 aromatic rings. The van der Waals surface area contributed by atoms with Gasteiger partial charge in [0.15, 0.2) is 0 Å². The van der Waals surface area contributed by atoms with E-state index in [1.807, 2.05) is 20.8 Å². The number of halogens is 2. The molecule has 0 heterocycles. The molecule has 6 nitrogen and oxygen atoms in total. The summed E-state index contributed by atoms with van der Waals surface area (Å²) in [6.07, 6.45) is 0.865. The fraction of sp³-hybridized carbons (Fsp3) is 0.611. The molecule has 2 N–H and O–H groups in total. The summed E-state index contributed by atoms with van der Waals surface area (Å²) in [5.74, 6) is 0.537. The van der Waals surface area contributed by atoms with Crippen LogP contribution in [-0.4, -0.2) is 43.2 Å². The van der Waals surface area contributed by atoms with Crippen molar-refractivity contribution < 1.29 is 24.1 Å². The summed E-state index contributed by atoms with van der Waals surface area (Å²) >= 11 is 9.38. The van der Waals surface area contributed by atoms with Crippen molar-refractivity contribution >= 4 is 33.6 Å². The third-order valence-electron chi connectivity index (χ3n) is 3.32. The zero-order valence-corrected chi connectivity index (χ0v) is 17.9. The molecule has 0 fully saturated rings. The first-order chi connectivity index (χ1) is 12.2. The Bertz CT molecular complexity index is 592. The van der Waals surface area contributed by atoms with Crippen molar-refractivity contribution in [1.29, 1.82) is 0 Å². The van der Waals surface area contributed by atoms with Gasteiger partial charge in [0.05, 0.1) is 25.9 Å². The van der Waals surface area contributed by atoms with Gasteiger partial charge in [0.1, 0.15) is 11.4 Å². The number of ether oxygens (including phenoxy) is 3. The Morgan fingerprint density at radius 3 is 2.65 bits per heavy atom. The Kier molecular flexibility index (Phi) is 9.71. The molecule has 0 aliphatic carbocycles. The maximum atomic E-state index is 11.9. The van der Waals surface area contributed by atoms with Gasteiger partial charge >= 0.3 is 6.09 Å². The SMILES string of the molecule is COC[C@@H](CCCOc1cc(Cl)cc(Br)c1CO)NC(=O)OC(C)(C)C. The number of carbonyl (C=O) groups excluding carboxylic acids is 1. The van der Waals surface area contributed by atoms with Crippen LogP contribution in [0.1, 0.15) is 39.2 Å². The zero-order chi connectivity index (χ0) is 19.7. The summed E-state index contributed by atoms with van der Waals surface area (Å²) < 4.78 is 16.9. The number of aliphatic hydroxyl groups excluding tert-OH is 1. The summed E-state index contributed by atoms with van der Waals surface area (Å²) in [6.45, 7) is 6.08. The van der Waals surface area contributed by atoms with E-state index < -0.39 is 11.7 Å². The van der Waals surface area contributed by atoms with Crippen LogP contribution in [0.4, 0.5) is 4.79 Å². The fourth-order valence-electron chi connectivity index (χ4n) is 2.25. The van der Waals surface area contributed by atoms with Crippen LogP contribution in [0.2, 0.25) is 5.02 Å². The van der Waals surface area contributed by atoms with Crippen LogP contribution in [0.25, 0.3) is 0 Å². The van der Waals surface area contributed by atoms with Crippen molar-refractivity contribution in [2.75, 3.05) is 20.3 Å². The molecule has 0 aromatic heterocycles. The topological polar surface area (TPSA) is 77.0 Å². The minimum Gasteiger partial charge on any atom is -0.493 e. The Morgan fingerprint density at radius 2 is 2.08 bits per heavy atom. The lowest BCUT2D eigenvalue weighted by Crippen LogP contribution is -2.41. The van der Waals surface area contributed by atoms with Gasteiger partial charge in [-0.25, -0.2) is 4.79 Å². The standard InChI is InChI=1S/C18H27BrClNO5/c1-18(2,3)26-17(23)21-13(11-24-4)6-5-7-25-16-9-12(20)8-15(19)14(16)10-22/h8-9,13,22H,5-7,10-11H2,1-4H3,(H,21,23)/t13-/m1/s1. The van der Waals surface area contributed by atoms with Crippen molar-refractivity contribution in [3.8, 4) is 5.75 Å². The molecule has 0 saturated heterocycles. The molecule has 1 rings (SSSR count). The van der Waals surface area contributed by atoms with E-state index in [-0.39, 0.29) is 12.6 Å². The number of hydrogen-bond donors (Lipinski definition) is 2. The van der Waals surface area contributed by atoms with E-state index in [0.717, 1.165) is 0 Å². The van der Waals surface area contributed by atoms with Gasteiger partial charge in [-0.2, -0.15) is 0 Å². The van der Waals surface area contributed by atoms with E-state index in [4.69, 9.17) is 25.8 Å². The Morgan fingerprint density at radius 1 is 1.38 bits per heavy atom. The number of hydrogen-bond acceptors (Lipinski definition) is 5. The minimum absolute atomic E-state index is 0.153. The van der Waals surface area contributed by atoms with Crippen molar-refractivity contribution in [2.45, 2.75) is 51.9 Å². The number of aliphatic hydroxyl groups is 1. The van der Waals surface area contributed by atoms with Gasteiger partial charge in [-0.15, -0.1) is 0 Å². The van der Waals surface area contributed by atoms with Crippen molar-refractivity contribution in [1.82, 2.24) is 5.32 Å². The van der Waals surface area contributed by atoms with E-state index in [2.05, 4.69) is 21.2 Å². The summed E-state index contributed by atoms with van der Waals surface area (Å²) in [4.78, 5) is 11.9. The Balaban J connectivity index is 2.52. The summed E-state index contributed by atoms with van der Waals surface area (Å²) in [6, 6.07) is 3.20. The molecule has 1 aromatic carbocycles. The number of nitrogens with one attached hydrogen (secondary N) is 1. The molecule has 0 unspecified atom stereocenters.